The van der Waals surface area contributed by atoms with Gasteiger partial charge in [0.15, 0.2) is 0 Å². The number of nitrogens with one attached hydrogen (secondary N) is 1. The van der Waals surface area contributed by atoms with Crippen molar-refractivity contribution in [2.24, 2.45) is 0 Å². The molecule has 0 unspecified atom stereocenters. The van der Waals surface area contributed by atoms with Gasteiger partial charge in [0.25, 0.3) is 0 Å². The molecule has 1 heterocycles. The first kappa shape index (κ1) is 14.1. The molecule has 5 heteroatoms. The van der Waals surface area contributed by atoms with Gasteiger partial charge >= 0.3 is 0 Å². The van der Waals surface area contributed by atoms with E-state index >= 15 is 0 Å². The number of hydrogen-bond donors (Lipinski definition) is 1. The quantitative estimate of drug-likeness (QED) is 0.882. The highest BCUT2D eigenvalue weighted by molar-refractivity contribution is 7.98. The SMILES string of the molecule is CSc1ccc(CC(=O)Nc2ncnc3c2CCC3)cc1. The average molecular weight is 299 g/mol. The summed E-state index contributed by atoms with van der Waals surface area (Å²) in [5.74, 6) is 0.655. The van der Waals surface area contributed by atoms with Crippen LogP contribution in [0.25, 0.3) is 0 Å². The van der Waals surface area contributed by atoms with E-state index < -0.39 is 0 Å². The zero-order valence-electron chi connectivity index (χ0n) is 11.9. The van der Waals surface area contributed by atoms with E-state index in [1.54, 1.807) is 11.8 Å². The first-order valence-electron chi connectivity index (χ1n) is 7.02. The van der Waals surface area contributed by atoms with Crippen molar-refractivity contribution in [2.45, 2.75) is 30.6 Å². The van der Waals surface area contributed by atoms with E-state index in [0.29, 0.717) is 12.2 Å². The number of carbonyl (C=O) groups is 1. The van der Waals surface area contributed by atoms with E-state index in [0.717, 1.165) is 36.1 Å². The van der Waals surface area contributed by atoms with Gasteiger partial charge in [-0.1, -0.05) is 12.1 Å². The minimum absolute atomic E-state index is 0.0281. The van der Waals surface area contributed by atoms with Crippen LogP contribution in [0.4, 0.5) is 5.82 Å². The van der Waals surface area contributed by atoms with Gasteiger partial charge in [-0.3, -0.25) is 4.79 Å². The van der Waals surface area contributed by atoms with Crippen LogP contribution in [0.1, 0.15) is 23.2 Å². The lowest BCUT2D eigenvalue weighted by atomic mass is 10.1. The first-order chi connectivity index (χ1) is 10.3. The molecule has 0 fully saturated rings. The molecule has 0 spiro atoms. The van der Waals surface area contributed by atoms with Crippen LogP contribution in [-0.2, 0) is 24.1 Å². The van der Waals surface area contributed by atoms with Crippen LogP contribution in [0.5, 0.6) is 0 Å². The molecular formula is C16H17N3OS. The molecule has 21 heavy (non-hydrogen) atoms. The second-order valence-electron chi connectivity index (χ2n) is 5.07. The normalized spacial score (nSPS) is 13.0. The van der Waals surface area contributed by atoms with Gasteiger partial charge < -0.3 is 5.32 Å². The molecule has 0 radical (unpaired) electrons. The second-order valence-corrected chi connectivity index (χ2v) is 5.95. The van der Waals surface area contributed by atoms with Crippen molar-refractivity contribution in [3.63, 3.8) is 0 Å². The molecule has 4 nitrogen and oxygen atoms in total. The van der Waals surface area contributed by atoms with Gasteiger partial charge in [0.2, 0.25) is 5.91 Å². The smallest absolute Gasteiger partial charge is 0.229 e. The van der Waals surface area contributed by atoms with E-state index in [4.69, 9.17) is 0 Å². The van der Waals surface area contributed by atoms with Crippen LogP contribution in [0.3, 0.4) is 0 Å². The van der Waals surface area contributed by atoms with Gasteiger partial charge in [0, 0.05) is 16.2 Å². The molecule has 1 aromatic heterocycles. The number of thioether (sulfide) groups is 1. The highest BCUT2D eigenvalue weighted by Gasteiger charge is 2.18. The number of benzene rings is 1. The van der Waals surface area contributed by atoms with Crippen LogP contribution in [0.15, 0.2) is 35.5 Å². The lowest BCUT2D eigenvalue weighted by Gasteiger charge is -2.08. The molecule has 2 aromatic rings. The highest BCUT2D eigenvalue weighted by Crippen LogP contribution is 2.25. The predicted molar refractivity (Wildman–Crippen MR) is 84.6 cm³/mol. The number of rotatable bonds is 4. The van der Waals surface area contributed by atoms with Gasteiger partial charge in [-0.05, 0) is 43.2 Å². The number of nitrogens with zero attached hydrogens (tertiary/aromatic N) is 2. The number of aromatic nitrogens is 2. The molecule has 1 N–H and O–H groups in total. The number of aryl methyl sites for hydroxylation is 1. The van der Waals surface area contributed by atoms with Crippen LogP contribution in [-0.4, -0.2) is 22.1 Å². The monoisotopic (exact) mass is 299 g/mol. The molecule has 108 valence electrons. The minimum atomic E-state index is -0.0281. The maximum Gasteiger partial charge on any atom is 0.229 e. The molecular weight excluding hydrogens is 282 g/mol. The van der Waals surface area contributed by atoms with Crippen molar-refractivity contribution in [3.8, 4) is 0 Å². The molecule has 1 aliphatic rings. The van der Waals surface area contributed by atoms with Crippen molar-refractivity contribution < 1.29 is 4.79 Å². The summed E-state index contributed by atoms with van der Waals surface area (Å²) in [6.45, 7) is 0. The van der Waals surface area contributed by atoms with E-state index in [-0.39, 0.29) is 5.91 Å². The Hall–Kier alpha value is -1.88. The Morgan fingerprint density at radius 2 is 2.05 bits per heavy atom. The summed E-state index contributed by atoms with van der Waals surface area (Å²) in [4.78, 5) is 21.8. The Morgan fingerprint density at radius 3 is 2.81 bits per heavy atom. The molecule has 0 aliphatic heterocycles. The van der Waals surface area contributed by atoms with Crippen molar-refractivity contribution in [1.29, 1.82) is 0 Å². The third-order valence-corrected chi connectivity index (χ3v) is 4.40. The molecule has 3 rings (SSSR count). The molecule has 0 saturated heterocycles. The van der Waals surface area contributed by atoms with Gasteiger partial charge in [-0.2, -0.15) is 0 Å². The van der Waals surface area contributed by atoms with Crippen molar-refractivity contribution >= 4 is 23.5 Å². The molecule has 1 aliphatic carbocycles. The number of carbonyl (C=O) groups excluding carboxylic acids is 1. The van der Waals surface area contributed by atoms with Crippen LogP contribution in [0.2, 0.25) is 0 Å². The molecule has 0 bridgehead atoms. The summed E-state index contributed by atoms with van der Waals surface area (Å²) < 4.78 is 0. The van der Waals surface area contributed by atoms with Gasteiger partial charge in [0.1, 0.15) is 12.1 Å². The van der Waals surface area contributed by atoms with E-state index in [1.165, 1.54) is 11.2 Å². The Kier molecular flexibility index (Phi) is 4.20. The van der Waals surface area contributed by atoms with Gasteiger partial charge in [-0.15, -0.1) is 11.8 Å². The molecule has 0 atom stereocenters. The second kappa shape index (κ2) is 6.26. The van der Waals surface area contributed by atoms with Gasteiger partial charge in [0.05, 0.1) is 6.42 Å². The zero-order valence-corrected chi connectivity index (χ0v) is 12.7. The van der Waals surface area contributed by atoms with E-state index in [9.17, 15) is 4.79 Å². The fourth-order valence-electron chi connectivity index (χ4n) is 2.57. The van der Waals surface area contributed by atoms with Crippen molar-refractivity contribution in [1.82, 2.24) is 9.97 Å². The third-order valence-electron chi connectivity index (χ3n) is 3.66. The fraction of sp³-hybridized carbons (Fsp3) is 0.312. The predicted octanol–water partition coefficient (Wildman–Crippen LogP) is 2.87. The minimum Gasteiger partial charge on any atom is -0.310 e. The van der Waals surface area contributed by atoms with Crippen LogP contribution >= 0.6 is 11.8 Å². The lowest BCUT2D eigenvalue weighted by Crippen LogP contribution is -2.17. The Morgan fingerprint density at radius 1 is 1.24 bits per heavy atom. The zero-order chi connectivity index (χ0) is 14.7. The summed E-state index contributed by atoms with van der Waals surface area (Å²) in [6.07, 6.45) is 6.97. The summed E-state index contributed by atoms with van der Waals surface area (Å²) in [5.41, 5.74) is 3.18. The number of fused-ring (bicyclic) bond motifs is 1. The number of amides is 1. The molecule has 0 saturated carbocycles. The first-order valence-corrected chi connectivity index (χ1v) is 8.24. The topological polar surface area (TPSA) is 54.9 Å². The van der Waals surface area contributed by atoms with Gasteiger partial charge in [-0.25, -0.2) is 9.97 Å². The van der Waals surface area contributed by atoms with E-state index in [1.807, 2.05) is 30.5 Å². The Bertz CT molecular complexity index is 655. The number of anilines is 1. The highest BCUT2D eigenvalue weighted by atomic mass is 32.2. The largest absolute Gasteiger partial charge is 0.310 e. The fourth-order valence-corrected chi connectivity index (χ4v) is 2.98. The summed E-state index contributed by atoms with van der Waals surface area (Å²) in [6, 6.07) is 8.07. The summed E-state index contributed by atoms with van der Waals surface area (Å²) >= 11 is 1.69. The molecule has 1 aromatic carbocycles. The summed E-state index contributed by atoms with van der Waals surface area (Å²) in [5, 5.41) is 2.92. The maximum atomic E-state index is 12.2. The van der Waals surface area contributed by atoms with Crippen molar-refractivity contribution in [2.75, 3.05) is 11.6 Å². The Labute approximate surface area is 128 Å². The van der Waals surface area contributed by atoms with E-state index in [2.05, 4.69) is 15.3 Å². The third kappa shape index (κ3) is 3.24. The average Bonchev–Trinajstić information content (AvgIpc) is 2.97. The lowest BCUT2D eigenvalue weighted by molar-refractivity contribution is -0.115. The van der Waals surface area contributed by atoms with Crippen LogP contribution < -0.4 is 5.32 Å². The maximum absolute atomic E-state index is 12.2. The number of hydrogen-bond acceptors (Lipinski definition) is 4. The standard InChI is InChI=1S/C16H17N3OS/c1-21-12-7-5-11(6-8-12)9-15(20)19-16-13-3-2-4-14(13)17-10-18-16/h5-8,10H,2-4,9H2,1H3,(H,17,18,19,20). The molecule has 1 amide bonds. The van der Waals surface area contributed by atoms with Crippen LogP contribution in [0, 0.1) is 0 Å². The Balaban J connectivity index is 1.68. The summed E-state index contributed by atoms with van der Waals surface area (Å²) in [7, 11) is 0. The van der Waals surface area contributed by atoms with Crippen molar-refractivity contribution in [3.05, 3.63) is 47.4 Å².